The molecule has 0 heterocycles. The Hall–Kier alpha value is 0.540. The zero-order valence-electron chi connectivity index (χ0n) is 10.9. The van der Waals surface area contributed by atoms with Crippen molar-refractivity contribution in [1.29, 1.82) is 0 Å². The van der Waals surface area contributed by atoms with Crippen LogP contribution in [0.3, 0.4) is 0 Å². The zero-order valence-corrected chi connectivity index (χ0v) is 14.1. The minimum Gasteiger partial charge on any atom is -0.313 e. The summed E-state index contributed by atoms with van der Waals surface area (Å²) in [7, 11) is 1.73. The summed E-state index contributed by atoms with van der Waals surface area (Å²) in [5, 5.41) is 1.46. The van der Waals surface area contributed by atoms with E-state index < -0.39 is 6.10 Å². The molecule has 0 fully saturated rings. The molecule has 0 aliphatic carbocycles. The number of hydrogen-bond acceptors (Lipinski definition) is 5. The molecule has 0 N–H and O–H groups in total. The van der Waals surface area contributed by atoms with E-state index in [1.165, 1.54) is 5.06 Å². The van der Waals surface area contributed by atoms with Crippen LogP contribution < -0.4 is 0 Å². The molecule has 97 valence electrons. The maximum atomic E-state index is 5.48. The Morgan fingerprint density at radius 1 is 0.812 bits per heavy atom. The number of nitrogens with zero attached hydrogens (tertiary/aromatic N) is 1. The number of hydroxylamine groups is 2. The molecule has 0 atom stereocenters. The molecule has 1 radical (unpaired) electrons. The third-order valence-electron chi connectivity index (χ3n) is 1.69. The Morgan fingerprint density at radius 2 is 1.19 bits per heavy atom. The quantitative estimate of drug-likeness (QED) is 0.433. The first-order valence-electron chi connectivity index (χ1n) is 5.45. The van der Waals surface area contributed by atoms with Crippen LogP contribution in [0.2, 0.25) is 0 Å². The van der Waals surface area contributed by atoms with Gasteiger partial charge in [0.2, 0.25) is 0 Å². The standard InChI is InChI=1S/C10H23NO4.Ta/c1-6-12-10(13-7-2,14-8-3)11(5)15-9-4;/h6-9H2,1-5H3;. The van der Waals surface area contributed by atoms with E-state index in [9.17, 15) is 0 Å². The third-order valence-corrected chi connectivity index (χ3v) is 1.69. The van der Waals surface area contributed by atoms with Crippen molar-refractivity contribution in [1.82, 2.24) is 5.06 Å². The minimum absolute atomic E-state index is 0. The maximum absolute atomic E-state index is 5.48. The first-order chi connectivity index (χ1) is 7.16. The maximum Gasteiger partial charge on any atom is 0.375 e. The predicted octanol–water partition coefficient (Wildman–Crippen LogP) is 1.59. The fourth-order valence-corrected chi connectivity index (χ4v) is 1.22. The first-order valence-corrected chi connectivity index (χ1v) is 5.45. The summed E-state index contributed by atoms with van der Waals surface area (Å²) in [6.07, 6.45) is -1.23. The molecular formula is C10H23NO4Ta. The van der Waals surface area contributed by atoms with Crippen molar-refractivity contribution >= 4 is 0 Å². The van der Waals surface area contributed by atoms with Crippen LogP contribution in [0.25, 0.3) is 0 Å². The largest absolute Gasteiger partial charge is 0.375 e. The smallest absolute Gasteiger partial charge is 0.313 e. The summed E-state index contributed by atoms with van der Waals surface area (Å²) in [6.45, 7) is 9.52. The van der Waals surface area contributed by atoms with Gasteiger partial charge in [0, 0.05) is 29.4 Å². The van der Waals surface area contributed by atoms with Gasteiger partial charge in [0.05, 0.1) is 26.4 Å². The van der Waals surface area contributed by atoms with Crippen molar-refractivity contribution < 1.29 is 41.4 Å². The van der Waals surface area contributed by atoms with E-state index in [-0.39, 0.29) is 22.4 Å². The van der Waals surface area contributed by atoms with Gasteiger partial charge in [-0.25, -0.2) is 0 Å². The molecule has 0 aliphatic rings. The fourth-order valence-electron chi connectivity index (χ4n) is 1.22. The number of rotatable bonds is 9. The van der Waals surface area contributed by atoms with Gasteiger partial charge < -0.3 is 14.2 Å². The third kappa shape index (κ3) is 5.75. The topological polar surface area (TPSA) is 40.2 Å². The number of hydrogen-bond donors (Lipinski definition) is 0. The predicted molar refractivity (Wildman–Crippen MR) is 57.0 cm³/mol. The SMILES string of the molecule is CCON(C)C(OCC)(OCC)OCC.[Ta]. The van der Waals surface area contributed by atoms with E-state index in [0.717, 1.165) is 0 Å². The summed E-state index contributed by atoms with van der Waals surface area (Å²) < 4.78 is 16.4. The van der Waals surface area contributed by atoms with Crippen molar-refractivity contribution in [3.05, 3.63) is 0 Å². The van der Waals surface area contributed by atoms with Crippen LogP contribution in [-0.4, -0.2) is 44.6 Å². The van der Waals surface area contributed by atoms with Gasteiger partial charge in [-0.05, 0) is 27.7 Å². The fraction of sp³-hybridized carbons (Fsp3) is 1.00. The molecule has 0 aromatic heterocycles. The van der Waals surface area contributed by atoms with Crippen LogP contribution in [0.15, 0.2) is 0 Å². The van der Waals surface area contributed by atoms with E-state index in [0.29, 0.717) is 26.4 Å². The normalized spacial score (nSPS) is 11.6. The van der Waals surface area contributed by atoms with E-state index in [1.54, 1.807) is 7.05 Å². The molecule has 0 saturated heterocycles. The Kier molecular flexibility index (Phi) is 12.6. The van der Waals surface area contributed by atoms with Gasteiger partial charge in [0.1, 0.15) is 0 Å². The van der Waals surface area contributed by atoms with Crippen molar-refractivity contribution in [3.8, 4) is 0 Å². The van der Waals surface area contributed by atoms with Crippen LogP contribution in [0.1, 0.15) is 27.7 Å². The van der Waals surface area contributed by atoms with Gasteiger partial charge in [-0.3, -0.25) is 4.84 Å². The Balaban J connectivity index is 0. The molecule has 0 amide bonds. The molecule has 0 bridgehead atoms. The van der Waals surface area contributed by atoms with Crippen LogP contribution >= 0.6 is 0 Å². The van der Waals surface area contributed by atoms with Crippen LogP contribution in [0.5, 0.6) is 0 Å². The molecule has 0 saturated carbocycles. The molecule has 0 rings (SSSR count). The summed E-state index contributed by atoms with van der Waals surface area (Å²) >= 11 is 0. The second-order valence-electron chi connectivity index (χ2n) is 2.74. The van der Waals surface area contributed by atoms with Crippen LogP contribution in [-0.2, 0) is 41.4 Å². The Bertz CT molecular complexity index is 143. The molecule has 0 aliphatic heterocycles. The van der Waals surface area contributed by atoms with Crippen LogP contribution in [0, 0.1) is 0 Å². The van der Waals surface area contributed by atoms with Crippen molar-refractivity contribution in [2.45, 2.75) is 33.8 Å². The van der Waals surface area contributed by atoms with Crippen molar-refractivity contribution in [2.24, 2.45) is 0 Å². The van der Waals surface area contributed by atoms with Gasteiger partial charge in [0.25, 0.3) is 0 Å². The van der Waals surface area contributed by atoms with Crippen molar-refractivity contribution in [3.63, 3.8) is 0 Å². The number of ether oxygens (including phenoxy) is 3. The van der Waals surface area contributed by atoms with Crippen molar-refractivity contribution in [2.75, 3.05) is 33.5 Å². The van der Waals surface area contributed by atoms with Crippen LogP contribution in [0.4, 0.5) is 0 Å². The average Bonchev–Trinajstić information content (AvgIpc) is 2.19. The Labute approximate surface area is 114 Å². The molecule has 0 aromatic rings. The van der Waals surface area contributed by atoms with E-state index in [1.807, 2.05) is 27.7 Å². The van der Waals surface area contributed by atoms with Gasteiger partial charge in [-0.15, -0.1) is 5.06 Å². The second kappa shape index (κ2) is 10.7. The average molecular weight is 402 g/mol. The van der Waals surface area contributed by atoms with E-state index >= 15 is 0 Å². The minimum atomic E-state index is -1.23. The van der Waals surface area contributed by atoms with Gasteiger partial charge in [0.15, 0.2) is 0 Å². The first kappa shape index (κ1) is 18.9. The molecule has 0 aromatic carbocycles. The molecular weight excluding hydrogens is 379 g/mol. The second-order valence-corrected chi connectivity index (χ2v) is 2.74. The molecule has 0 spiro atoms. The summed E-state index contributed by atoms with van der Waals surface area (Å²) in [5.74, 6) is 0. The molecule has 5 nitrogen and oxygen atoms in total. The summed E-state index contributed by atoms with van der Waals surface area (Å²) in [5.41, 5.74) is 0. The van der Waals surface area contributed by atoms with Gasteiger partial charge in [-0.1, -0.05) is 0 Å². The van der Waals surface area contributed by atoms with E-state index in [2.05, 4.69) is 0 Å². The summed E-state index contributed by atoms with van der Waals surface area (Å²) in [6, 6.07) is 0. The van der Waals surface area contributed by atoms with Gasteiger partial charge in [-0.2, -0.15) is 0 Å². The van der Waals surface area contributed by atoms with E-state index in [4.69, 9.17) is 19.0 Å². The monoisotopic (exact) mass is 402 g/mol. The zero-order chi connectivity index (χ0) is 11.7. The molecule has 16 heavy (non-hydrogen) atoms. The molecule has 0 unspecified atom stereocenters. The Morgan fingerprint density at radius 3 is 1.44 bits per heavy atom. The molecule has 6 heteroatoms. The summed E-state index contributed by atoms with van der Waals surface area (Å²) in [4.78, 5) is 5.32. The van der Waals surface area contributed by atoms with Gasteiger partial charge >= 0.3 is 6.10 Å².